The fourth-order valence-electron chi connectivity index (χ4n) is 2.99. The molecule has 0 spiro atoms. The number of hydrogen-bond acceptors (Lipinski definition) is 6. The van der Waals surface area contributed by atoms with Crippen molar-refractivity contribution in [3.05, 3.63) is 36.7 Å². The third kappa shape index (κ3) is 4.94. The van der Waals surface area contributed by atoms with Crippen LogP contribution >= 0.6 is 0 Å². The second-order valence-corrected chi connectivity index (χ2v) is 10.4. The first-order valence-electron chi connectivity index (χ1n) is 8.74. The minimum absolute atomic E-state index is 0.0153. The minimum atomic E-state index is -4.88. The molecule has 0 amide bonds. The SMILES string of the molecule is Cn1cc(S(=O)(=O)N2CCCN(S(=O)(=O)c3ccc(OC(F)(F)F)cc3)CC2)cn1. The number of halogens is 3. The van der Waals surface area contributed by atoms with E-state index in [9.17, 15) is 30.0 Å². The van der Waals surface area contributed by atoms with Crippen molar-refractivity contribution >= 4 is 20.0 Å². The van der Waals surface area contributed by atoms with Crippen LogP contribution in [0.25, 0.3) is 0 Å². The maximum Gasteiger partial charge on any atom is 0.573 e. The van der Waals surface area contributed by atoms with Crippen LogP contribution in [0, 0.1) is 0 Å². The highest BCUT2D eigenvalue weighted by atomic mass is 32.2. The van der Waals surface area contributed by atoms with E-state index in [0.717, 1.165) is 28.6 Å². The molecule has 14 heteroatoms. The summed E-state index contributed by atoms with van der Waals surface area (Å²) in [6.07, 6.45) is -2.04. The molecule has 1 aliphatic rings. The number of alkyl halides is 3. The van der Waals surface area contributed by atoms with Crippen LogP contribution < -0.4 is 4.74 Å². The first-order chi connectivity index (χ1) is 13.9. The van der Waals surface area contributed by atoms with E-state index in [-0.39, 0.29) is 42.4 Å². The van der Waals surface area contributed by atoms with Gasteiger partial charge in [-0.25, -0.2) is 16.8 Å². The summed E-state index contributed by atoms with van der Waals surface area (Å²) in [5.41, 5.74) is 0. The van der Waals surface area contributed by atoms with Gasteiger partial charge in [0.1, 0.15) is 10.6 Å². The average Bonchev–Trinajstić information content (AvgIpc) is 2.93. The fourth-order valence-corrected chi connectivity index (χ4v) is 5.92. The van der Waals surface area contributed by atoms with Crippen molar-refractivity contribution in [3.63, 3.8) is 0 Å². The van der Waals surface area contributed by atoms with Crippen molar-refractivity contribution in [1.82, 2.24) is 18.4 Å². The summed E-state index contributed by atoms with van der Waals surface area (Å²) in [7, 11) is -6.25. The molecule has 1 fully saturated rings. The molecule has 0 atom stereocenters. The van der Waals surface area contributed by atoms with Crippen molar-refractivity contribution in [2.24, 2.45) is 7.05 Å². The van der Waals surface area contributed by atoms with Crippen LogP contribution in [0.4, 0.5) is 13.2 Å². The van der Waals surface area contributed by atoms with Crippen LogP contribution in [0.1, 0.15) is 6.42 Å². The highest BCUT2D eigenvalue weighted by molar-refractivity contribution is 7.89. The van der Waals surface area contributed by atoms with Crippen molar-refractivity contribution in [3.8, 4) is 5.75 Å². The molecule has 3 rings (SSSR count). The van der Waals surface area contributed by atoms with Crippen LogP contribution in [0.15, 0.2) is 46.5 Å². The summed E-state index contributed by atoms with van der Waals surface area (Å²) in [5.74, 6) is -0.536. The Morgan fingerprint density at radius 2 is 1.43 bits per heavy atom. The molecule has 2 heterocycles. The van der Waals surface area contributed by atoms with E-state index in [1.165, 1.54) is 21.4 Å². The van der Waals surface area contributed by atoms with Gasteiger partial charge in [-0.05, 0) is 30.7 Å². The lowest BCUT2D eigenvalue weighted by molar-refractivity contribution is -0.274. The van der Waals surface area contributed by atoms with Gasteiger partial charge >= 0.3 is 6.36 Å². The van der Waals surface area contributed by atoms with Gasteiger partial charge in [0.15, 0.2) is 0 Å². The second-order valence-electron chi connectivity index (χ2n) is 6.53. The smallest absolute Gasteiger partial charge is 0.406 e. The zero-order valence-electron chi connectivity index (χ0n) is 15.8. The Bertz CT molecular complexity index is 1100. The number of ether oxygens (including phenoxy) is 1. The van der Waals surface area contributed by atoms with E-state index in [4.69, 9.17) is 0 Å². The maximum atomic E-state index is 12.8. The predicted octanol–water partition coefficient (Wildman–Crippen LogP) is 1.40. The van der Waals surface area contributed by atoms with Gasteiger partial charge in [-0.1, -0.05) is 0 Å². The molecule has 0 unspecified atom stereocenters. The van der Waals surface area contributed by atoms with E-state index >= 15 is 0 Å². The number of rotatable bonds is 5. The lowest BCUT2D eigenvalue weighted by Crippen LogP contribution is -2.37. The fraction of sp³-hybridized carbons (Fsp3) is 0.438. The molecule has 166 valence electrons. The standard InChI is InChI=1S/C16H19F3N4O5S2/c1-21-12-15(11-20-21)30(26,27)23-8-2-7-22(9-10-23)29(24,25)14-5-3-13(4-6-14)28-16(17,18)19/h3-6,11-12H,2,7-10H2,1H3. The quantitative estimate of drug-likeness (QED) is 0.658. The highest BCUT2D eigenvalue weighted by Crippen LogP contribution is 2.26. The number of nitrogens with zero attached hydrogens (tertiary/aromatic N) is 4. The molecular weight excluding hydrogens is 449 g/mol. The number of aryl methyl sites for hydroxylation is 1. The molecule has 9 nitrogen and oxygen atoms in total. The monoisotopic (exact) mass is 468 g/mol. The molecule has 1 aromatic heterocycles. The summed E-state index contributed by atoms with van der Waals surface area (Å²) >= 11 is 0. The predicted molar refractivity (Wildman–Crippen MR) is 98.5 cm³/mol. The molecule has 0 N–H and O–H groups in total. The Hall–Kier alpha value is -2.16. The first kappa shape index (κ1) is 22.5. The molecule has 2 aromatic rings. The van der Waals surface area contributed by atoms with Crippen LogP contribution in [0.3, 0.4) is 0 Å². The Kier molecular flexibility index (Phi) is 6.13. The van der Waals surface area contributed by atoms with E-state index in [2.05, 4.69) is 9.84 Å². The van der Waals surface area contributed by atoms with E-state index in [0.29, 0.717) is 0 Å². The number of sulfonamides is 2. The molecule has 0 bridgehead atoms. The van der Waals surface area contributed by atoms with Gasteiger partial charge in [-0.15, -0.1) is 13.2 Å². The Labute approximate surface area is 171 Å². The molecule has 0 aliphatic carbocycles. The Balaban J connectivity index is 1.74. The van der Waals surface area contributed by atoms with Crippen molar-refractivity contribution in [2.45, 2.75) is 22.6 Å². The summed E-state index contributed by atoms with van der Waals surface area (Å²) < 4.78 is 95.3. The minimum Gasteiger partial charge on any atom is -0.406 e. The van der Waals surface area contributed by atoms with Gasteiger partial charge in [0.25, 0.3) is 0 Å². The molecule has 0 radical (unpaired) electrons. The van der Waals surface area contributed by atoms with E-state index in [1.807, 2.05) is 0 Å². The van der Waals surface area contributed by atoms with Gasteiger partial charge in [0.05, 0.1) is 11.1 Å². The van der Waals surface area contributed by atoms with E-state index < -0.39 is 32.2 Å². The molecule has 1 aromatic carbocycles. The van der Waals surface area contributed by atoms with Gasteiger partial charge in [-0.2, -0.15) is 13.7 Å². The van der Waals surface area contributed by atoms with Crippen molar-refractivity contribution < 1.29 is 34.7 Å². The van der Waals surface area contributed by atoms with Crippen LogP contribution in [0.5, 0.6) is 5.75 Å². The third-order valence-electron chi connectivity index (χ3n) is 4.43. The van der Waals surface area contributed by atoms with Gasteiger partial charge < -0.3 is 4.74 Å². The molecule has 1 saturated heterocycles. The van der Waals surface area contributed by atoms with E-state index in [1.54, 1.807) is 7.05 Å². The topological polar surface area (TPSA) is 102 Å². The molecule has 1 aliphatic heterocycles. The third-order valence-corrected chi connectivity index (χ3v) is 8.19. The Morgan fingerprint density at radius 3 is 1.90 bits per heavy atom. The summed E-state index contributed by atoms with van der Waals surface area (Å²) in [4.78, 5) is -0.192. The molecule has 0 saturated carbocycles. The maximum absolute atomic E-state index is 12.8. The van der Waals surface area contributed by atoms with Crippen molar-refractivity contribution in [2.75, 3.05) is 26.2 Å². The van der Waals surface area contributed by atoms with Crippen LogP contribution in [-0.4, -0.2) is 67.8 Å². The largest absolute Gasteiger partial charge is 0.573 e. The highest BCUT2D eigenvalue weighted by Gasteiger charge is 2.33. The van der Waals surface area contributed by atoms with Gasteiger partial charge in [-0.3, -0.25) is 4.68 Å². The van der Waals surface area contributed by atoms with Crippen molar-refractivity contribution in [1.29, 1.82) is 0 Å². The van der Waals surface area contributed by atoms with Crippen LogP contribution in [-0.2, 0) is 27.1 Å². The first-order valence-corrected chi connectivity index (χ1v) is 11.6. The molecule has 30 heavy (non-hydrogen) atoms. The average molecular weight is 468 g/mol. The second kappa shape index (κ2) is 8.17. The lowest BCUT2D eigenvalue weighted by Gasteiger charge is -2.21. The normalized spacial score (nSPS) is 17.6. The number of benzene rings is 1. The van der Waals surface area contributed by atoms with Gasteiger partial charge in [0, 0.05) is 39.4 Å². The lowest BCUT2D eigenvalue weighted by atomic mass is 10.3. The number of aromatic nitrogens is 2. The van der Waals surface area contributed by atoms with Gasteiger partial charge in [0.2, 0.25) is 20.0 Å². The summed E-state index contributed by atoms with van der Waals surface area (Å²) in [5, 5.41) is 3.85. The zero-order valence-corrected chi connectivity index (χ0v) is 17.4. The van der Waals surface area contributed by atoms with Crippen LogP contribution in [0.2, 0.25) is 0 Å². The summed E-state index contributed by atoms with van der Waals surface area (Å²) in [6, 6.07) is 3.87. The zero-order chi connectivity index (χ0) is 22.2. The number of hydrogen-bond donors (Lipinski definition) is 0. The Morgan fingerprint density at radius 1 is 0.900 bits per heavy atom. The molecular formula is C16H19F3N4O5S2. The summed E-state index contributed by atoms with van der Waals surface area (Å²) in [6.45, 7) is 0.0398.